The summed E-state index contributed by atoms with van der Waals surface area (Å²) in [6.45, 7) is 2.80. The smallest absolute Gasteiger partial charge is 0.256 e. The molecular formula is C17H22BrN5O. The maximum atomic E-state index is 12.4. The lowest BCUT2D eigenvalue weighted by Gasteiger charge is -2.35. The van der Waals surface area contributed by atoms with Gasteiger partial charge in [-0.2, -0.15) is 5.10 Å². The molecule has 1 aliphatic rings. The van der Waals surface area contributed by atoms with Gasteiger partial charge >= 0.3 is 0 Å². The number of aromatic nitrogens is 3. The fraction of sp³-hybridized carbons (Fsp3) is 0.471. The van der Waals surface area contributed by atoms with Crippen LogP contribution in [-0.4, -0.2) is 52.3 Å². The monoisotopic (exact) mass is 391 g/mol. The van der Waals surface area contributed by atoms with Crippen molar-refractivity contribution in [2.24, 2.45) is 13.0 Å². The normalized spacial score (nSPS) is 15.5. The van der Waals surface area contributed by atoms with E-state index in [1.807, 2.05) is 37.5 Å². The Bertz CT molecular complexity index is 709. The Morgan fingerprint density at radius 2 is 2.12 bits per heavy atom. The molecule has 3 rings (SSSR count). The summed E-state index contributed by atoms with van der Waals surface area (Å²) in [5.41, 5.74) is 1.85. The van der Waals surface area contributed by atoms with Gasteiger partial charge in [0.1, 0.15) is 0 Å². The number of rotatable bonds is 4. The first-order chi connectivity index (χ1) is 11.5. The minimum atomic E-state index is 0.0439. The van der Waals surface area contributed by atoms with Gasteiger partial charge in [0.15, 0.2) is 0 Å². The van der Waals surface area contributed by atoms with Crippen LogP contribution in [0.5, 0.6) is 0 Å². The van der Waals surface area contributed by atoms with Gasteiger partial charge in [-0.1, -0.05) is 0 Å². The van der Waals surface area contributed by atoms with Crippen LogP contribution < -0.4 is 4.90 Å². The van der Waals surface area contributed by atoms with Crippen molar-refractivity contribution < 1.29 is 4.79 Å². The number of carbonyl (C=O) groups excluding carboxylic acids is 1. The van der Waals surface area contributed by atoms with Crippen LogP contribution in [0.25, 0.3) is 0 Å². The lowest BCUT2D eigenvalue weighted by Crippen LogP contribution is -2.39. The Labute approximate surface area is 150 Å². The summed E-state index contributed by atoms with van der Waals surface area (Å²) in [4.78, 5) is 20.7. The van der Waals surface area contributed by atoms with E-state index in [-0.39, 0.29) is 5.91 Å². The summed E-state index contributed by atoms with van der Waals surface area (Å²) in [7, 11) is 3.70. The highest BCUT2D eigenvalue weighted by atomic mass is 79.9. The number of halogens is 1. The molecule has 2 aromatic rings. The second kappa shape index (κ2) is 7.34. The molecule has 2 aromatic heterocycles. The molecule has 1 amide bonds. The Morgan fingerprint density at radius 3 is 2.75 bits per heavy atom. The van der Waals surface area contributed by atoms with E-state index in [1.54, 1.807) is 17.1 Å². The van der Waals surface area contributed by atoms with E-state index < -0.39 is 0 Å². The number of carbonyl (C=O) groups is 1. The van der Waals surface area contributed by atoms with Gasteiger partial charge in [-0.05, 0) is 40.8 Å². The number of amides is 1. The van der Waals surface area contributed by atoms with Gasteiger partial charge in [0.05, 0.1) is 21.9 Å². The number of aryl methyl sites for hydroxylation is 1. The van der Waals surface area contributed by atoms with Crippen LogP contribution in [-0.2, 0) is 7.05 Å². The van der Waals surface area contributed by atoms with Gasteiger partial charge in [0.2, 0.25) is 0 Å². The zero-order chi connectivity index (χ0) is 17.1. The third kappa shape index (κ3) is 3.77. The molecule has 0 N–H and O–H groups in total. The number of anilines is 1. The molecule has 1 saturated heterocycles. The fourth-order valence-electron chi connectivity index (χ4n) is 3.20. The van der Waals surface area contributed by atoms with Crippen molar-refractivity contribution in [1.29, 1.82) is 0 Å². The van der Waals surface area contributed by atoms with Crippen LogP contribution in [0.4, 0.5) is 5.69 Å². The van der Waals surface area contributed by atoms with Crippen LogP contribution in [0, 0.1) is 5.92 Å². The van der Waals surface area contributed by atoms with E-state index >= 15 is 0 Å². The quantitative estimate of drug-likeness (QED) is 0.803. The average Bonchev–Trinajstić information content (AvgIpc) is 3.02. The zero-order valence-corrected chi connectivity index (χ0v) is 15.6. The summed E-state index contributed by atoms with van der Waals surface area (Å²) < 4.78 is 2.69. The highest BCUT2D eigenvalue weighted by molar-refractivity contribution is 9.10. The Kier molecular flexibility index (Phi) is 5.18. The maximum absolute atomic E-state index is 12.4. The van der Waals surface area contributed by atoms with Crippen molar-refractivity contribution in [3.05, 3.63) is 40.9 Å². The first-order valence-electron chi connectivity index (χ1n) is 8.13. The Balaban J connectivity index is 1.53. The van der Waals surface area contributed by atoms with E-state index in [4.69, 9.17) is 0 Å². The molecule has 0 aliphatic carbocycles. The molecule has 0 aromatic carbocycles. The molecule has 0 radical (unpaired) electrons. The summed E-state index contributed by atoms with van der Waals surface area (Å²) in [6.07, 6.45) is 9.22. The number of piperidine rings is 1. The minimum absolute atomic E-state index is 0.0439. The van der Waals surface area contributed by atoms with E-state index in [0.29, 0.717) is 11.5 Å². The molecule has 24 heavy (non-hydrogen) atoms. The standard InChI is InChI=1S/C17H22BrN5O/c1-21(17(24)14-9-20-22(2)12-14)11-13-4-7-23(8-5-13)16-3-6-19-10-15(16)18/h3,6,9-10,12-13H,4-5,7-8,11H2,1-2H3. The van der Waals surface area contributed by atoms with Gasteiger partial charge in [-0.15, -0.1) is 0 Å². The first kappa shape index (κ1) is 17.0. The molecular weight excluding hydrogens is 370 g/mol. The maximum Gasteiger partial charge on any atom is 0.256 e. The van der Waals surface area contributed by atoms with E-state index in [1.165, 1.54) is 5.69 Å². The molecule has 3 heterocycles. The van der Waals surface area contributed by atoms with E-state index in [9.17, 15) is 4.79 Å². The Morgan fingerprint density at radius 1 is 1.38 bits per heavy atom. The van der Waals surface area contributed by atoms with Crippen molar-refractivity contribution in [3.8, 4) is 0 Å². The highest BCUT2D eigenvalue weighted by Crippen LogP contribution is 2.29. The largest absolute Gasteiger partial charge is 0.371 e. The third-order valence-electron chi connectivity index (χ3n) is 4.54. The fourth-order valence-corrected chi connectivity index (χ4v) is 3.70. The number of pyridine rings is 1. The predicted octanol–water partition coefficient (Wildman–Crippen LogP) is 2.57. The van der Waals surface area contributed by atoms with Gasteiger partial charge in [-0.3, -0.25) is 14.5 Å². The molecule has 7 heteroatoms. The number of nitrogens with zero attached hydrogens (tertiary/aromatic N) is 5. The summed E-state index contributed by atoms with van der Waals surface area (Å²) >= 11 is 3.57. The molecule has 0 unspecified atom stereocenters. The lowest BCUT2D eigenvalue weighted by atomic mass is 9.96. The van der Waals surface area contributed by atoms with Crippen LogP contribution >= 0.6 is 15.9 Å². The number of hydrogen-bond donors (Lipinski definition) is 0. The molecule has 0 spiro atoms. The molecule has 1 fully saturated rings. The molecule has 0 saturated carbocycles. The van der Waals surface area contributed by atoms with Crippen molar-refractivity contribution in [2.45, 2.75) is 12.8 Å². The van der Waals surface area contributed by atoms with E-state index in [2.05, 4.69) is 30.9 Å². The van der Waals surface area contributed by atoms with Crippen LogP contribution in [0.1, 0.15) is 23.2 Å². The summed E-state index contributed by atoms with van der Waals surface area (Å²) in [5, 5.41) is 4.07. The van der Waals surface area contributed by atoms with Crippen molar-refractivity contribution >= 4 is 27.5 Å². The summed E-state index contributed by atoms with van der Waals surface area (Å²) in [6, 6.07) is 2.04. The van der Waals surface area contributed by atoms with Crippen molar-refractivity contribution in [1.82, 2.24) is 19.7 Å². The molecule has 0 atom stereocenters. The SMILES string of the molecule is CN(CC1CCN(c2ccncc2Br)CC1)C(=O)c1cnn(C)c1. The Hall–Kier alpha value is -1.89. The van der Waals surface area contributed by atoms with Crippen LogP contribution in [0.2, 0.25) is 0 Å². The van der Waals surface area contributed by atoms with E-state index in [0.717, 1.165) is 36.9 Å². The zero-order valence-electron chi connectivity index (χ0n) is 14.0. The van der Waals surface area contributed by atoms with Gasteiger partial charge in [-0.25, -0.2) is 0 Å². The summed E-state index contributed by atoms with van der Waals surface area (Å²) in [5.74, 6) is 0.579. The second-order valence-corrected chi connectivity index (χ2v) is 7.20. The van der Waals surface area contributed by atoms with Gasteiger partial charge in [0.25, 0.3) is 5.91 Å². The third-order valence-corrected chi connectivity index (χ3v) is 5.15. The molecule has 128 valence electrons. The van der Waals surface area contributed by atoms with Crippen LogP contribution in [0.15, 0.2) is 35.3 Å². The van der Waals surface area contributed by atoms with Gasteiger partial charge < -0.3 is 9.80 Å². The molecule has 6 nitrogen and oxygen atoms in total. The van der Waals surface area contributed by atoms with Crippen molar-refractivity contribution in [3.63, 3.8) is 0 Å². The molecule has 0 bridgehead atoms. The van der Waals surface area contributed by atoms with Crippen molar-refractivity contribution in [2.75, 3.05) is 31.6 Å². The average molecular weight is 392 g/mol. The second-order valence-electron chi connectivity index (χ2n) is 6.35. The predicted molar refractivity (Wildman–Crippen MR) is 97.0 cm³/mol. The first-order valence-corrected chi connectivity index (χ1v) is 8.92. The number of hydrogen-bond acceptors (Lipinski definition) is 4. The highest BCUT2D eigenvalue weighted by Gasteiger charge is 2.24. The minimum Gasteiger partial charge on any atom is -0.371 e. The topological polar surface area (TPSA) is 54.3 Å². The molecule has 1 aliphatic heterocycles. The van der Waals surface area contributed by atoms with Gasteiger partial charge in [0, 0.05) is 52.3 Å². The van der Waals surface area contributed by atoms with Crippen LogP contribution in [0.3, 0.4) is 0 Å². The lowest BCUT2D eigenvalue weighted by molar-refractivity contribution is 0.0765.